The number of allylic oxidation sites excluding steroid dienone is 1. The Labute approximate surface area is 80.2 Å². The summed E-state index contributed by atoms with van der Waals surface area (Å²) in [5, 5.41) is 17.1. The van der Waals surface area contributed by atoms with Crippen molar-refractivity contribution in [3.8, 4) is 0 Å². The SMILES string of the molecule is CC(C)/C(=C/N)CC(=N)C(C)(C)O. The fourth-order valence-corrected chi connectivity index (χ4v) is 0.876. The summed E-state index contributed by atoms with van der Waals surface area (Å²) in [5.41, 5.74) is 5.68. The molecule has 0 saturated heterocycles. The zero-order valence-corrected chi connectivity index (χ0v) is 8.89. The Morgan fingerprint density at radius 3 is 2.23 bits per heavy atom. The number of hydrogen-bond donors (Lipinski definition) is 3. The van der Waals surface area contributed by atoms with E-state index in [0.717, 1.165) is 5.57 Å². The summed E-state index contributed by atoms with van der Waals surface area (Å²) in [7, 11) is 0. The quantitative estimate of drug-likeness (QED) is 0.581. The van der Waals surface area contributed by atoms with Crippen LogP contribution in [-0.4, -0.2) is 16.4 Å². The van der Waals surface area contributed by atoms with Crippen molar-refractivity contribution in [1.82, 2.24) is 0 Å². The summed E-state index contributed by atoms with van der Waals surface area (Å²) in [6, 6.07) is 0. The van der Waals surface area contributed by atoms with Crippen LogP contribution in [0.2, 0.25) is 0 Å². The maximum Gasteiger partial charge on any atom is 0.0967 e. The zero-order chi connectivity index (χ0) is 10.6. The van der Waals surface area contributed by atoms with Crippen LogP contribution in [0.25, 0.3) is 0 Å². The van der Waals surface area contributed by atoms with Crippen LogP contribution >= 0.6 is 0 Å². The molecule has 3 heteroatoms. The third kappa shape index (κ3) is 4.08. The minimum atomic E-state index is -1.04. The summed E-state index contributed by atoms with van der Waals surface area (Å²) < 4.78 is 0. The van der Waals surface area contributed by atoms with Crippen molar-refractivity contribution in [3.63, 3.8) is 0 Å². The van der Waals surface area contributed by atoms with E-state index in [9.17, 15) is 5.11 Å². The molecule has 0 atom stereocenters. The number of nitrogens with one attached hydrogen (secondary N) is 1. The maximum absolute atomic E-state index is 9.52. The lowest BCUT2D eigenvalue weighted by atomic mass is 9.91. The number of rotatable bonds is 4. The lowest BCUT2D eigenvalue weighted by Crippen LogP contribution is -2.31. The Morgan fingerprint density at radius 2 is 2.00 bits per heavy atom. The van der Waals surface area contributed by atoms with Gasteiger partial charge in [-0.15, -0.1) is 0 Å². The van der Waals surface area contributed by atoms with Crippen LogP contribution in [0.5, 0.6) is 0 Å². The first-order chi connectivity index (χ1) is 5.79. The van der Waals surface area contributed by atoms with Gasteiger partial charge < -0.3 is 16.2 Å². The van der Waals surface area contributed by atoms with Crippen LogP contribution in [0, 0.1) is 11.3 Å². The lowest BCUT2D eigenvalue weighted by molar-refractivity contribution is 0.151. The van der Waals surface area contributed by atoms with Gasteiger partial charge in [-0.3, -0.25) is 0 Å². The molecule has 4 N–H and O–H groups in total. The third-order valence-electron chi connectivity index (χ3n) is 2.08. The van der Waals surface area contributed by atoms with Crippen LogP contribution in [0.1, 0.15) is 34.1 Å². The molecule has 0 aliphatic carbocycles. The molecule has 0 spiro atoms. The smallest absolute Gasteiger partial charge is 0.0967 e. The summed E-state index contributed by atoms with van der Waals surface area (Å²) in [6.45, 7) is 7.28. The van der Waals surface area contributed by atoms with E-state index in [4.69, 9.17) is 11.1 Å². The highest BCUT2D eigenvalue weighted by Crippen LogP contribution is 2.17. The lowest BCUT2D eigenvalue weighted by Gasteiger charge is -2.20. The minimum absolute atomic E-state index is 0.304. The Morgan fingerprint density at radius 1 is 1.54 bits per heavy atom. The zero-order valence-electron chi connectivity index (χ0n) is 8.89. The average molecular weight is 184 g/mol. The molecule has 0 aromatic carbocycles. The van der Waals surface area contributed by atoms with Crippen molar-refractivity contribution in [3.05, 3.63) is 11.8 Å². The molecular formula is C10H20N2O. The molecule has 0 saturated carbocycles. The molecule has 0 aromatic rings. The van der Waals surface area contributed by atoms with E-state index in [1.807, 2.05) is 13.8 Å². The molecule has 0 aliphatic rings. The van der Waals surface area contributed by atoms with Gasteiger partial charge in [0.25, 0.3) is 0 Å². The summed E-state index contributed by atoms with van der Waals surface area (Å²) in [5.74, 6) is 0.327. The van der Waals surface area contributed by atoms with Crippen LogP contribution in [-0.2, 0) is 0 Å². The van der Waals surface area contributed by atoms with E-state index in [0.29, 0.717) is 18.1 Å². The number of nitrogens with two attached hydrogens (primary N) is 1. The molecule has 3 nitrogen and oxygen atoms in total. The van der Waals surface area contributed by atoms with Gasteiger partial charge in [0.2, 0.25) is 0 Å². The third-order valence-corrected chi connectivity index (χ3v) is 2.08. The fraction of sp³-hybridized carbons (Fsp3) is 0.700. The first kappa shape index (κ1) is 12.2. The molecule has 0 radical (unpaired) electrons. The normalized spacial score (nSPS) is 13.5. The van der Waals surface area contributed by atoms with Crippen molar-refractivity contribution < 1.29 is 5.11 Å². The van der Waals surface area contributed by atoms with Crippen LogP contribution in [0.4, 0.5) is 0 Å². The van der Waals surface area contributed by atoms with Gasteiger partial charge in [0, 0.05) is 12.1 Å². The maximum atomic E-state index is 9.52. The van der Waals surface area contributed by atoms with E-state index in [1.54, 1.807) is 13.8 Å². The minimum Gasteiger partial charge on any atom is -0.405 e. The molecule has 0 amide bonds. The van der Waals surface area contributed by atoms with Gasteiger partial charge in [0.15, 0.2) is 0 Å². The fourth-order valence-electron chi connectivity index (χ4n) is 0.876. The van der Waals surface area contributed by atoms with Crippen molar-refractivity contribution in [1.29, 1.82) is 5.41 Å². The highest BCUT2D eigenvalue weighted by Gasteiger charge is 2.20. The largest absolute Gasteiger partial charge is 0.405 e. The van der Waals surface area contributed by atoms with Crippen LogP contribution < -0.4 is 5.73 Å². The highest BCUT2D eigenvalue weighted by atomic mass is 16.3. The molecule has 0 bridgehead atoms. The van der Waals surface area contributed by atoms with E-state index in [1.165, 1.54) is 6.20 Å². The van der Waals surface area contributed by atoms with Crippen molar-refractivity contribution in [2.45, 2.75) is 39.7 Å². The molecule has 76 valence electrons. The van der Waals surface area contributed by atoms with E-state index < -0.39 is 5.60 Å². The Bertz CT molecular complexity index is 211. The average Bonchev–Trinajstić information content (AvgIpc) is 1.96. The van der Waals surface area contributed by atoms with Crippen LogP contribution in [0.3, 0.4) is 0 Å². The van der Waals surface area contributed by atoms with Crippen molar-refractivity contribution >= 4 is 5.71 Å². The monoisotopic (exact) mass is 184 g/mol. The van der Waals surface area contributed by atoms with Gasteiger partial charge in [-0.2, -0.15) is 0 Å². The molecule has 0 aliphatic heterocycles. The van der Waals surface area contributed by atoms with E-state index in [2.05, 4.69) is 0 Å². The Hall–Kier alpha value is -0.830. The molecule has 0 rings (SSSR count). The molecule has 0 aromatic heterocycles. The molecule has 13 heavy (non-hydrogen) atoms. The van der Waals surface area contributed by atoms with Crippen LogP contribution in [0.15, 0.2) is 11.8 Å². The second-order valence-corrected chi connectivity index (χ2v) is 4.11. The topological polar surface area (TPSA) is 70.1 Å². The molecule has 0 heterocycles. The predicted molar refractivity (Wildman–Crippen MR) is 55.7 cm³/mol. The predicted octanol–water partition coefficient (Wildman–Crippen LogP) is 1.67. The summed E-state index contributed by atoms with van der Waals surface area (Å²) in [6.07, 6.45) is 1.99. The van der Waals surface area contributed by atoms with Crippen molar-refractivity contribution in [2.75, 3.05) is 0 Å². The second kappa shape index (κ2) is 4.42. The molecular weight excluding hydrogens is 164 g/mol. The van der Waals surface area contributed by atoms with E-state index >= 15 is 0 Å². The van der Waals surface area contributed by atoms with Gasteiger partial charge in [0.1, 0.15) is 0 Å². The van der Waals surface area contributed by atoms with E-state index in [-0.39, 0.29) is 0 Å². The van der Waals surface area contributed by atoms with Gasteiger partial charge in [-0.25, -0.2) is 0 Å². The Kier molecular flexibility index (Phi) is 4.14. The summed E-state index contributed by atoms with van der Waals surface area (Å²) in [4.78, 5) is 0. The number of aliphatic hydroxyl groups is 1. The first-order valence-electron chi connectivity index (χ1n) is 4.50. The Balaban J connectivity index is 4.37. The molecule has 0 fully saturated rings. The highest BCUT2D eigenvalue weighted by molar-refractivity contribution is 5.90. The first-order valence-corrected chi connectivity index (χ1v) is 4.50. The van der Waals surface area contributed by atoms with Gasteiger partial charge in [0.05, 0.1) is 5.60 Å². The summed E-state index contributed by atoms with van der Waals surface area (Å²) >= 11 is 0. The number of hydrogen-bond acceptors (Lipinski definition) is 3. The van der Waals surface area contributed by atoms with Crippen molar-refractivity contribution in [2.24, 2.45) is 11.7 Å². The van der Waals surface area contributed by atoms with Gasteiger partial charge in [-0.05, 0) is 31.5 Å². The standard InChI is InChI=1S/C10H20N2O/c1-7(2)8(6-11)5-9(12)10(3,4)13/h6-7,12-13H,5,11H2,1-4H3/b8-6+,12-9?. The van der Waals surface area contributed by atoms with Gasteiger partial charge >= 0.3 is 0 Å². The molecule has 0 unspecified atom stereocenters. The van der Waals surface area contributed by atoms with Gasteiger partial charge in [-0.1, -0.05) is 13.8 Å². The second-order valence-electron chi connectivity index (χ2n) is 4.11.